The lowest BCUT2D eigenvalue weighted by Crippen LogP contribution is -2.41. The third-order valence-electron chi connectivity index (χ3n) is 4.89. The van der Waals surface area contributed by atoms with Gasteiger partial charge in [-0.05, 0) is 44.3 Å². The highest BCUT2D eigenvalue weighted by atomic mass is 16.4. The van der Waals surface area contributed by atoms with E-state index in [1.807, 2.05) is 12.2 Å². The molecule has 21 heavy (non-hydrogen) atoms. The number of carboxylic acids is 1. The molecule has 5 nitrogen and oxygen atoms in total. The van der Waals surface area contributed by atoms with E-state index in [1.54, 1.807) is 0 Å². The first-order chi connectivity index (χ1) is 10.1. The van der Waals surface area contributed by atoms with Gasteiger partial charge in [0.15, 0.2) is 0 Å². The van der Waals surface area contributed by atoms with Crippen molar-refractivity contribution < 1.29 is 14.7 Å². The van der Waals surface area contributed by atoms with Crippen molar-refractivity contribution in [3.8, 4) is 0 Å². The Kier molecular flexibility index (Phi) is 5.39. The second kappa shape index (κ2) is 7.07. The van der Waals surface area contributed by atoms with Crippen LogP contribution in [-0.4, -0.2) is 48.1 Å². The predicted octanol–water partition coefficient (Wildman–Crippen LogP) is 1.36. The van der Waals surface area contributed by atoms with E-state index in [-0.39, 0.29) is 23.7 Å². The summed E-state index contributed by atoms with van der Waals surface area (Å²) >= 11 is 0. The minimum absolute atomic E-state index is 0.0407. The molecule has 118 valence electrons. The van der Waals surface area contributed by atoms with Crippen LogP contribution in [0.2, 0.25) is 0 Å². The molecule has 1 fully saturated rings. The van der Waals surface area contributed by atoms with E-state index >= 15 is 0 Å². The quantitative estimate of drug-likeness (QED) is 0.524. The van der Waals surface area contributed by atoms with Gasteiger partial charge in [-0.25, -0.2) is 0 Å². The van der Waals surface area contributed by atoms with E-state index in [1.165, 1.54) is 0 Å². The number of nitrogens with one attached hydrogen (secondary N) is 1. The van der Waals surface area contributed by atoms with Crippen LogP contribution in [0.4, 0.5) is 0 Å². The molecule has 4 atom stereocenters. The Balaban J connectivity index is 1.80. The van der Waals surface area contributed by atoms with Gasteiger partial charge in [-0.3, -0.25) is 9.59 Å². The zero-order chi connectivity index (χ0) is 15.4. The van der Waals surface area contributed by atoms with Gasteiger partial charge in [0.25, 0.3) is 0 Å². The van der Waals surface area contributed by atoms with Gasteiger partial charge in [0.2, 0.25) is 5.91 Å². The summed E-state index contributed by atoms with van der Waals surface area (Å²) in [6.45, 7) is 7.87. The number of carbonyl (C=O) groups excluding carboxylic acids is 1. The SMILES string of the molecule is CCN(CC)CCCNC(=O)[C@H]1C2C=CC(C2)[C@H]1C(=O)O. The highest BCUT2D eigenvalue weighted by molar-refractivity contribution is 5.86. The zero-order valence-electron chi connectivity index (χ0n) is 12.9. The number of nitrogens with zero attached hydrogens (tertiary/aromatic N) is 1. The molecule has 2 rings (SSSR count). The average molecular weight is 294 g/mol. The maximum Gasteiger partial charge on any atom is 0.307 e. The Morgan fingerprint density at radius 1 is 1.19 bits per heavy atom. The second-order valence-corrected chi connectivity index (χ2v) is 6.01. The fourth-order valence-corrected chi connectivity index (χ4v) is 3.69. The first-order valence-electron chi connectivity index (χ1n) is 7.99. The van der Waals surface area contributed by atoms with Crippen molar-refractivity contribution in [3.63, 3.8) is 0 Å². The van der Waals surface area contributed by atoms with Crippen molar-refractivity contribution in [2.24, 2.45) is 23.7 Å². The van der Waals surface area contributed by atoms with Crippen molar-refractivity contribution in [1.29, 1.82) is 0 Å². The molecular formula is C16H26N2O3. The fourth-order valence-electron chi connectivity index (χ4n) is 3.69. The maximum atomic E-state index is 12.3. The van der Waals surface area contributed by atoms with Crippen molar-refractivity contribution in [3.05, 3.63) is 12.2 Å². The molecule has 2 N–H and O–H groups in total. The Morgan fingerprint density at radius 3 is 2.38 bits per heavy atom. The van der Waals surface area contributed by atoms with Gasteiger partial charge in [0.1, 0.15) is 0 Å². The van der Waals surface area contributed by atoms with Crippen LogP contribution >= 0.6 is 0 Å². The van der Waals surface area contributed by atoms with Gasteiger partial charge < -0.3 is 15.3 Å². The largest absolute Gasteiger partial charge is 0.481 e. The number of fused-ring (bicyclic) bond motifs is 2. The van der Waals surface area contributed by atoms with Crippen LogP contribution < -0.4 is 5.32 Å². The number of amides is 1. The summed E-state index contributed by atoms with van der Waals surface area (Å²) in [6.07, 6.45) is 5.70. The molecule has 0 aliphatic heterocycles. The van der Waals surface area contributed by atoms with Gasteiger partial charge in [0.05, 0.1) is 11.8 Å². The Hall–Kier alpha value is -1.36. The highest BCUT2D eigenvalue weighted by Gasteiger charge is 2.51. The number of allylic oxidation sites excluding steroid dienone is 2. The molecule has 0 aromatic heterocycles. The minimum Gasteiger partial charge on any atom is -0.481 e. The summed E-state index contributed by atoms with van der Waals surface area (Å²) < 4.78 is 0. The molecule has 0 radical (unpaired) electrons. The summed E-state index contributed by atoms with van der Waals surface area (Å²) in [4.78, 5) is 26.0. The van der Waals surface area contributed by atoms with Gasteiger partial charge >= 0.3 is 5.97 Å². The molecule has 1 amide bonds. The van der Waals surface area contributed by atoms with E-state index in [9.17, 15) is 14.7 Å². The standard InChI is InChI=1S/C16H26N2O3/c1-3-18(4-2)9-5-8-17-15(19)13-11-6-7-12(10-11)14(13)16(20)21/h6-7,11-14H,3-5,8-10H2,1-2H3,(H,17,19)(H,20,21)/t11?,12?,13-,14+/m0/s1. The molecule has 5 heteroatoms. The zero-order valence-corrected chi connectivity index (χ0v) is 12.9. The monoisotopic (exact) mass is 294 g/mol. The normalized spacial score (nSPS) is 30.0. The van der Waals surface area contributed by atoms with Crippen molar-refractivity contribution >= 4 is 11.9 Å². The molecule has 2 aliphatic carbocycles. The lowest BCUT2D eigenvalue weighted by Gasteiger charge is -2.24. The van der Waals surface area contributed by atoms with E-state index in [0.29, 0.717) is 6.54 Å². The van der Waals surface area contributed by atoms with Gasteiger partial charge in [-0.15, -0.1) is 0 Å². The first kappa shape index (κ1) is 16.0. The molecule has 0 aromatic rings. The van der Waals surface area contributed by atoms with Crippen LogP contribution in [0.3, 0.4) is 0 Å². The number of carboxylic acid groups (broad SMARTS) is 1. The first-order valence-corrected chi connectivity index (χ1v) is 7.99. The molecule has 1 saturated carbocycles. The number of hydrogen-bond donors (Lipinski definition) is 2. The van der Waals surface area contributed by atoms with Crippen LogP contribution in [0.15, 0.2) is 12.2 Å². The molecule has 0 spiro atoms. The van der Waals surface area contributed by atoms with Crippen LogP contribution in [0.5, 0.6) is 0 Å². The Bertz CT molecular complexity index is 418. The summed E-state index contributed by atoms with van der Waals surface area (Å²) in [6, 6.07) is 0. The predicted molar refractivity (Wildman–Crippen MR) is 80.8 cm³/mol. The molecule has 0 saturated heterocycles. The molecule has 0 heterocycles. The Labute approximate surface area is 126 Å². The van der Waals surface area contributed by atoms with Gasteiger partial charge in [-0.1, -0.05) is 26.0 Å². The molecule has 2 bridgehead atoms. The number of hydrogen-bond acceptors (Lipinski definition) is 3. The average Bonchev–Trinajstić information content (AvgIpc) is 3.07. The van der Waals surface area contributed by atoms with E-state index in [2.05, 4.69) is 24.1 Å². The number of aliphatic carboxylic acids is 1. The number of carbonyl (C=O) groups is 2. The van der Waals surface area contributed by atoms with Crippen molar-refractivity contribution in [1.82, 2.24) is 10.2 Å². The smallest absolute Gasteiger partial charge is 0.307 e. The topological polar surface area (TPSA) is 69.6 Å². The Morgan fingerprint density at radius 2 is 1.81 bits per heavy atom. The van der Waals surface area contributed by atoms with Gasteiger partial charge in [-0.2, -0.15) is 0 Å². The van der Waals surface area contributed by atoms with Gasteiger partial charge in [0, 0.05) is 6.54 Å². The number of rotatable bonds is 8. The third-order valence-corrected chi connectivity index (χ3v) is 4.89. The second-order valence-electron chi connectivity index (χ2n) is 6.01. The van der Waals surface area contributed by atoms with Crippen LogP contribution in [-0.2, 0) is 9.59 Å². The fraction of sp³-hybridized carbons (Fsp3) is 0.750. The summed E-state index contributed by atoms with van der Waals surface area (Å²) in [7, 11) is 0. The minimum atomic E-state index is -0.838. The molecule has 0 aromatic carbocycles. The van der Waals surface area contributed by atoms with E-state index < -0.39 is 11.9 Å². The summed E-state index contributed by atoms with van der Waals surface area (Å²) in [5.74, 6) is -1.69. The highest BCUT2D eigenvalue weighted by Crippen LogP contribution is 2.48. The molecule has 2 aliphatic rings. The van der Waals surface area contributed by atoms with Crippen molar-refractivity contribution in [2.75, 3.05) is 26.2 Å². The lowest BCUT2D eigenvalue weighted by atomic mass is 9.82. The van der Waals surface area contributed by atoms with E-state index in [0.717, 1.165) is 32.5 Å². The lowest BCUT2D eigenvalue weighted by molar-refractivity contribution is -0.147. The van der Waals surface area contributed by atoms with E-state index in [4.69, 9.17) is 0 Å². The van der Waals surface area contributed by atoms with Crippen molar-refractivity contribution in [2.45, 2.75) is 26.7 Å². The summed E-state index contributed by atoms with van der Waals surface area (Å²) in [5.41, 5.74) is 0. The van der Waals surface area contributed by atoms with Crippen LogP contribution in [0, 0.1) is 23.7 Å². The van der Waals surface area contributed by atoms with Crippen LogP contribution in [0.25, 0.3) is 0 Å². The summed E-state index contributed by atoms with van der Waals surface area (Å²) in [5, 5.41) is 12.3. The third kappa shape index (κ3) is 3.46. The molecule has 2 unspecified atom stereocenters. The maximum absolute atomic E-state index is 12.3. The molecular weight excluding hydrogens is 268 g/mol. The van der Waals surface area contributed by atoms with Crippen LogP contribution in [0.1, 0.15) is 26.7 Å².